The molecule has 2 heteroatoms. The molecule has 1 N–H and O–H groups in total. The number of rotatable bonds is 6. The van der Waals surface area contributed by atoms with Gasteiger partial charge in [-0.15, -0.1) is 0 Å². The van der Waals surface area contributed by atoms with Gasteiger partial charge in [0, 0.05) is 18.6 Å². The minimum absolute atomic E-state index is 0.565. The van der Waals surface area contributed by atoms with Crippen LogP contribution < -0.4 is 5.32 Å². The number of aryl methyl sites for hydroxylation is 1. The third-order valence-corrected chi connectivity index (χ3v) is 3.77. The molecule has 0 aliphatic carbocycles. The summed E-state index contributed by atoms with van der Waals surface area (Å²) < 4.78 is 5.53. The molecule has 1 aromatic carbocycles. The average molecular weight is 247 g/mol. The van der Waals surface area contributed by atoms with Crippen molar-refractivity contribution in [1.29, 1.82) is 0 Å². The van der Waals surface area contributed by atoms with Gasteiger partial charge in [-0.3, -0.25) is 0 Å². The number of hydrogen-bond acceptors (Lipinski definition) is 2. The van der Waals surface area contributed by atoms with E-state index in [1.807, 2.05) is 0 Å². The lowest BCUT2D eigenvalue weighted by Gasteiger charge is -2.24. The molecule has 1 fully saturated rings. The highest BCUT2D eigenvalue weighted by molar-refractivity contribution is 5.22. The van der Waals surface area contributed by atoms with Gasteiger partial charge in [0.05, 0.1) is 6.61 Å². The van der Waals surface area contributed by atoms with Crippen molar-refractivity contribution in [1.82, 2.24) is 5.32 Å². The summed E-state index contributed by atoms with van der Waals surface area (Å²) in [6.07, 6.45) is 3.51. The fourth-order valence-electron chi connectivity index (χ4n) is 2.58. The molecule has 1 aliphatic rings. The first-order valence-electron chi connectivity index (χ1n) is 7.16. The van der Waals surface area contributed by atoms with Crippen LogP contribution in [0.1, 0.15) is 30.9 Å². The van der Waals surface area contributed by atoms with E-state index in [4.69, 9.17) is 4.74 Å². The molecule has 1 aromatic rings. The fraction of sp³-hybridized carbons (Fsp3) is 0.625. The fourth-order valence-corrected chi connectivity index (χ4v) is 2.58. The van der Waals surface area contributed by atoms with E-state index in [1.54, 1.807) is 0 Å². The van der Waals surface area contributed by atoms with Crippen LogP contribution in [0.25, 0.3) is 0 Å². The van der Waals surface area contributed by atoms with Crippen molar-refractivity contribution in [3.05, 3.63) is 35.4 Å². The quantitative estimate of drug-likeness (QED) is 0.834. The third kappa shape index (κ3) is 3.82. The smallest absolute Gasteiger partial charge is 0.0510 e. The van der Waals surface area contributed by atoms with E-state index >= 15 is 0 Å². The van der Waals surface area contributed by atoms with Gasteiger partial charge in [0.1, 0.15) is 0 Å². The van der Waals surface area contributed by atoms with Crippen molar-refractivity contribution in [2.45, 2.75) is 39.2 Å². The summed E-state index contributed by atoms with van der Waals surface area (Å²) in [5, 5.41) is 3.69. The molecule has 0 amide bonds. The van der Waals surface area contributed by atoms with Gasteiger partial charge in [-0.2, -0.15) is 0 Å². The molecule has 100 valence electrons. The molecule has 1 heterocycles. The molecule has 18 heavy (non-hydrogen) atoms. The Morgan fingerprint density at radius 3 is 2.72 bits per heavy atom. The molecular weight excluding hydrogens is 222 g/mol. The van der Waals surface area contributed by atoms with Crippen LogP contribution >= 0.6 is 0 Å². The highest BCUT2D eigenvalue weighted by atomic mass is 16.5. The second-order valence-corrected chi connectivity index (χ2v) is 5.37. The van der Waals surface area contributed by atoms with E-state index in [0.29, 0.717) is 12.0 Å². The molecule has 2 nitrogen and oxygen atoms in total. The normalized spacial score (nSPS) is 21.1. The Hall–Kier alpha value is -0.860. The lowest BCUT2D eigenvalue weighted by atomic mass is 9.92. The Bertz CT molecular complexity index is 341. The SMILES string of the molecule is CCCNC(Cc1ccc(C)cc1)C1CCOC1. The first-order valence-corrected chi connectivity index (χ1v) is 7.16. The average Bonchev–Trinajstić information content (AvgIpc) is 2.90. The molecule has 0 bridgehead atoms. The zero-order valence-electron chi connectivity index (χ0n) is 11.6. The molecule has 1 aliphatic heterocycles. The topological polar surface area (TPSA) is 21.3 Å². The summed E-state index contributed by atoms with van der Waals surface area (Å²) in [6.45, 7) is 7.33. The van der Waals surface area contributed by atoms with E-state index in [-0.39, 0.29) is 0 Å². The van der Waals surface area contributed by atoms with Crippen LogP contribution in [0.2, 0.25) is 0 Å². The lowest BCUT2D eigenvalue weighted by molar-refractivity contribution is 0.176. The molecular formula is C16H25NO. The summed E-state index contributed by atoms with van der Waals surface area (Å²) in [5.74, 6) is 0.679. The second kappa shape index (κ2) is 6.91. The van der Waals surface area contributed by atoms with E-state index < -0.39 is 0 Å². The number of nitrogens with one attached hydrogen (secondary N) is 1. The van der Waals surface area contributed by atoms with Gasteiger partial charge in [-0.1, -0.05) is 36.8 Å². The first-order chi connectivity index (χ1) is 8.79. The predicted octanol–water partition coefficient (Wildman–Crippen LogP) is 2.94. The third-order valence-electron chi connectivity index (χ3n) is 3.77. The van der Waals surface area contributed by atoms with Crippen LogP contribution in [0.3, 0.4) is 0 Å². The standard InChI is InChI=1S/C16H25NO/c1-3-9-17-16(15-8-10-18-12-15)11-14-6-4-13(2)5-7-14/h4-7,15-17H,3,8-12H2,1-2H3. The minimum Gasteiger partial charge on any atom is -0.381 e. The highest BCUT2D eigenvalue weighted by Gasteiger charge is 2.25. The van der Waals surface area contributed by atoms with Gasteiger partial charge >= 0.3 is 0 Å². The van der Waals surface area contributed by atoms with Gasteiger partial charge in [0.15, 0.2) is 0 Å². The van der Waals surface area contributed by atoms with Crippen molar-refractivity contribution in [3.8, 4) is 0 Å². The highest BCUT2D eigenvalue weighted by Crippen LogP contribution is 2.20. The van der Waals surface area contributed by atoms with Gasteiger partial charge in [-0.25, -0.2) is 0 Å². The Labute approximate surface area is 111 Å². The van der Waals surface area contributed by atoms with Crippen molar-refractivity contribution in [2.24, 2.45) is 5.92 Å². The minimum atomic E-state index is 0.565. The molecule has 0 saturated carbocycles. The van der Waals surface area contributed by atoms with Gasteiger partial charge < -0.3 is 10.1 Å². The van der Waals surface area contributed by atoms with Crippen molar-refractivity contribution in [3.63, 3.8) is 0 Å². The number of benzene rings is 1. The maximum absolute atomic E-state index is 5.53. The molecule has 1 saturated heterocycles. The van der Waals surface area contributed by atoms with Crippen molar-refractivity contribution in [2.75, 3.05) is 19.8 Å². The molecule has 2 unspecified atom stereocenters. The van der Waals surface area contributed by atoms with Gasteiger partial charge in [0.2, 0.25) is 0 Å². The van der Waals surface area contributed by atoms with Crippen LogP contribution in [0.4, 0.5) is 0 Å². The summed E-state index contributed by atoms with van der Waals surface area (Å²) >= 11 is 0. The summed E-state index contributed by atoms with van der Waals surface area (Å²) in [4.78, 5) is 0. The van der Waals surface area contributed by atoms with Crippen LogP contribution in [0, 0.1) is 12.8 Å². The Balaban J connectivity index is 1.97. The van der Waals surface area contributed by atoms with E-state index in [0.717, 1.165) is 26.2 Å². The number of ether oxygens (including phenoxy) is 1. The molecule has 2 rings (SSSR count). The van der Waals surface area contributed by atoms with Gasteiger partial charge in [-0.05, 0) is 38.3 Å². The van der Waals surface area contributed by atoms with Crippen LogP contribution in [0.5, 0.6) is 0 Å². The maximum atomic E-state index is 5.53. The molecule has 0 spiro atoms. The largest absolute Gasteiger partial charge is 0.381 e. The zero-order valence-corrected chi connectivity index (χ0v) is 11.6. The lowest BCUT2D eigenvalue weighted by Crippen LogP contribution is -2.38. The van der Waals surface area contributed by atoms with Crippen molar-refractivity contribution < 1.29 is 4.74 Å². The van der Waals surface area contributed by atoms with Crippen LogP contribution in [-0.4, -0.2) is 25.8 Å². The molecule has 0 radical (unpaired) electrons. The van der Waals surface area contributed by atoms with Crippen LogP contribution in [-0.2, 0) is 11.2 Å². The molecule has 0 aromatic heterocycles. The van der Waals surface area contributed by atoms with Crippen LogP contribution in [0.15, 0.2) is 24.3 Å². The predicted molar refractivity (Wildman–Crippen MR) is 75.9 cm³/mol. The first kappa shape index (κ1) is 13.6. The van der Waals surface area contributed by atoms with E-state index in [1.165, 1.54) is 24.0 Å². The zero-order chi connectivity index (χ0) is 12.8. The second-order valence-electron chi connectivity index (χ2n) is 5.37. The summed E-state index contributed by atoms with van der Waals surface area (Å²) in [7, 11) is 0. The van der Waals surface area contributed by atoms with Crippen molar-refractivity contribution >= 4 is 0 Å². The number of hydrogen-bond donors (Lipinski definition) is 1. The van der Waals surface area contributed by atoms with E-state index in [9.17, 15) is 0 Å². The Kier molecular flexibility index (Phi) is 5.21. The Morgan fingerprint density at radius 2 is 2.11 bits per heavy atom. The maximum Gasteiger partial charge on any atom is 0.0510 e. The summed E-state index contributed by atoms with van der Waals surface area (Å²) in [5.41, 5.74) is 2.77. The van der Waals surface area contributed by atoms with Gasteiger partial charge in [0.25, 0.3) is 0 Å². The summed E-state index contributed by atoms with van der Waals surface area (Å²) in [6, 6.07) is 9.49. The molecule has 2 atom stereocenters. The Morgan fingerprint density at radius 1 is 1.33 bits per heavy atom. The van der Waals surface area contributed by atoms with E-state index in [2.05, 4.69) is 43.4 Å². The monoisotopic (exact) mass is 247 g/mol.